The van der Waals surface area contributed by atoms with Gasteiger partial charge in [0, 0.05) is 13.2 Å². The highest BCUT2D eigenvalue weighted by Crippen LogP contribution is 2.11. The van der Waals surface area contributed by atoms with Gasteiger partial charge in [0.25, 0.3) is 0 Å². The van der Waals surface area contributed by atoms with Gasteiger partial charge in [0.1, 0.15) is 0 Å². The van der Waals surface area contributed by atoms with E-state index in [1.807, 2.05) is 0 Å². The molecule has 1 unspecified atom stereocenters. The van der Waals surface area contributed by atoms with Crippen LogP contribution >= 0.6 is 0 Å². The van der Waals surface area contributed by atoms with Crippen molar-refractivity contribution in [1.29, 1.82) is 0 Å². The molecule has 0 spiro atoms. The van der Waals surface area contributed by atoms with Crippen LogP contribution in [0.25, 0.3) is 0 Å². The van der Waals surface area contributed by atoms with Crippen LogP contribution in [0.5, 0.6) is 0 Å². The highest BCUT2D eigenvalue weighted by atomic mass is 16.5. The molecular formula is C12H25O. The molecule has 0 heterocycles. The first kappa shape index (κ1) is 13.0. The lowest BCUT2D eigenvalue weighted by Crippen LogP contribution is -2.05. The minimum atomic E-state index is 0.611. The summed E-state index contributed by atoms with van der Waals surface area (Å²) in [7, 11) is 0. The van der Waals surface area contributed by atoms with Gasteiger partial charge in [0.15, 0.2) is 0 Å². The highest BCUT2D eigenvalue weighted by molar-refractivity contribution is 4.52. The second-order valence-electron chi connectivity index (χ2n) is 3.88. The molecule has 0 aromatic carbocycles. The average Bonchev–Trinajstić information content (AvgIpc) is 2.14. The van der Waals surface area contributed by atoms with Crippen LogP contribution in [0.1, 0.15) is 52.4 Å². The molecule has 0 aromatic heterocycles. The van der Waals surface area contributed by atoms with Crippen LogP contribution in [-0.2, 0) is 4.74 Å². The molecule has 0 amide bonds. The zero-order valence-electron chi connectivity index (χ0n) is 9.35. The zero-order valence-corrected chi connectivity index (χ0v) is 9.35. The molecule has 0 saturated heterocycles. The molecule has 0 N–H and O–H groups in total. The van der Waals surface area contributed by atoms with Crippen LogP contribution < -0.4 is 0 Å². The molecular weight excluding hydrogens is 160 g/mol. The summed E-state index contributed by atoms with van der Waals surface area (Å²) in [5.41, 5.74) is 0. The predicted molar refractivity (Wildman–Crippen MR) is 58.7 cm³/mol. The van der Waals surface area contributed by atoms with E-state index >= 15 is 0 Å². The second kappa shape index (κ2) is 10.0. The Labute approximate surface area is 83.9 Å². The molecule has 0 fully saturated rings. The zero-order chi connectivity index (χ0) is 9.94. The van der Waals surface area contributed by atoms with Crippen molar-refractivity contribution in [2.75, 3.05) is 13.2 Å². The third-order valence-corrected chi connectivity index (χ3v) is 2.35. The number of ether oxygens (including phenoxy) is 1. The van der Waals surface area contributed by atoms with Gasteiger partial charge in [0.2, 0.25) is 0 Å². The molecule has 0 aromatic rings. The van der Waals surface area contributed by atoms with E-state index in [9.17, 15) is 0 Å². The number of hydrogen-bond acceptors (Lipinski definition) is 1. The van der Waals surface area contributed by atoms with Gasteiger partial charge in [-0.3, -0.25) is 0 Å². The SMILES string of the molecule is [CH2]COCC(C)CCCCCCC. The first-order valence-electron chi connectivity index (χ1n) is 5.68. The lowest BCUT2D eigenvalue weighted by molar-refractivity contribution is 0.123. The fraction of sp³-hybridized carbons (Fsp3) is 0.917. The summed E-state index contributed by atoms with van der Waals surface area (Å²) in [6, 6.07) is 0. The molecule has 0 aliphatic rings. The van der Waals surface area contributed by atoms with E-state index in [-0.39, 0.29) is 0 Å². The summed E-state index contributed by atoms with van der Waals surface area (Å²) in [6.45, 7) is 9.67. The Morgan fingerprint density at radius 1 is 1.15 bits per heavy atom. The van der Waals surface area contributed by atoms with E-state index in [4.69, 9.17) is 4.74 Å². The molecule has 1 radical (unpaired) electrons. The number of hydrogen-bond donors (Lipinski definition) is 0. The second-order valence-corrected chi connectivity index (χ2v) is 3.88. The molecule has 0 saturated carbocycles. The van der Waals surface area contributed by atoms with Crippen molar-refractivity contribution in [1.82, 2.24) is 0 Å². The molecule has 79 valence electrons. The van der Waals surface area contributed by atoms with Gasteiger partial charge >= 0.3 is 0 Å². The normalized spacial score (nSPS) is 13.2. The summed E-state index contributed by atoms with van der Waals surface area (Å²) < 4.78 is 5.26. The van der Waals surface area contributed by atoms with Crippen LogP contribution in [0.3, 0.4) is 0 Å². The van der Waals surface area contributed by atoms with Gasteiger partial charge < -0.3 is 4.74 Å². The Bertz CT molecular complexity index is 91.1. The Morgan fingerprint density at radius 2 is 1.85 bits per heavy atom. The van der Waals surface area contributed by atoms with Gasteiger partial charge in [-0.05, 0) is 19.3 Å². The van der Waals surface area contributed by atoms with Crippen molar-refractivity contribution in [3.63, 3.8) is 0 Å². The standard InChI is InChI=1S/C12H25O/c1-4-6-7-8-9-10-12(3)11-13-5-2/h12H,2,4-11H2,1,3H3. The van der Waals surface area contributed by atoms with Crippen LogP contribution in [0.2, 0.25) is 0 Å². The van der Waals surface area contributed by atoms with E-state index in [0.29, 0.717) is 12.5 Å². The van der Waals surface area contributed by atoms with Crippen molar-refractivity contribution < 1.29 is 4.74 Å². The van der Waals surface area contributed by atoms with E-state index in [0.717, 1.165) is 6.61 Å². The fourth-order valence-electron chi connectivity index (χ4n) is 1.46. The van der Waals surface area contributed by atoms with Gasteiger partial charge in [-0.2, -0.15) is 0 Å². The molecule has 0 bridgehead atoms. The maximum Gasteiger partial charge on any atom is 0.0491 e. The first-order chi connectivity index (χ1) is 6.31. The topological polar surface area (TPSA) is 9.23 Å². The Morgan fingerprint density at radius 3 is 2.46 bits per heavy atom. The third kappa shape index (κ3) is 9.88. The van der Waals surface area contributed by atoms with Crippen molar-refractivity contribution in [3.05, 3.63) is 6.92 Å². The minimum Gasteiger partial charge on any atom is -0.381 e. The smallest absolute Gasteiger partial charge is 0.0491 e. The van der Waals surface area contributed by atoms with Crippen LogP contribution in [0, 0.1) is 12.8 Å². The number of rotatable bonds is 9. The molecule has 1 nitrogen and oxygen atoms in total. The minimum absolute atomic E-state index is 0.611. The molecule has 1 atom stereocenters. The first-order valence-corrected chi connectivity index (χ1v) is 5.68. The van der Waals surface area contributed by atoms with Crippen LogP contribution in [0.15, 0.2) is 0 Å². The van der Waals surface area contributed by atoms with E-state index in [2.05, 4.69) is 20.8 Å². The maximum absolute atomic E-state index is 5.26. The Balaban J connectivity index is 3.03. The van der Waals surface area contributed by atoms with Gasteiger partial charge in [-0.15, -0.1) is 0 Å². The summed E-state index contributed by atoms with van der Waals surface area (Å²) in [4.78, 5) is 0. The third-order valence-electron chi connectivity index (χ3n) is 2.35. The molecule has 0 aliphatic carbocycles. The van der Waals surface area contributed by atoms with Crippen molar-refractivity contribution in [2.45, 2.75) is 52.4 Å². The number of unbranched alkanes of at least 4 members (excludes halogenated alkanes) is 4. The lowest BCUT2D eigenvalue weighted by atomic mass is 10.0. The largest absolute Gasteiger partial charge is 0.381 e. The summed E-state index contributed by atoms with van der Waals surface area (Å²) >= 11 is 0. The van der Waals surface area contributed by atoms with Crippen molar-refractivity contribution in [3.8, 4) is 0 Å². The van der Waals surface area contributed by atoms with E-state index in [1.54, 1.807) is 0 Å². The molecule has 0 aliphatic heterocycles. The fourth-order valence-corrected chi connectivity index (χ4v) is 1.46. The summed E-state index contributed by atoms with van der Waals surface area (Å²) in [6.07, 6.45) is 8.19. The predicted octanol–water partition coefficient (Wildman–Crippen LogP) is 3.83. The average molecular weight is 185 g/mol. The van der Waals surface area contributed by atoms with Crippen molar-refractivity contribution in [2.24, 2.45) is 5.92 Å². The van der Waals surface area contributed by atoms with Crippen LogP contribution in [0.4, 0.5) is 0 Å². The lowest BCUT2D eigenvalue weighted by Gasteiger charge is -2.10. The quantitative estimate of drug-likeness (QED) is 0.496. The monoisotopic (exact) mass is 185 g/mol. The van der Waals surface area contributed by atoms with E-state index < -0.39 is 0 Å². The van der Waals surface area contributed by atoms with Gasteiger partial charge in [-0.1, -0.05) is 46.0 Å². The summed E-state index contributed by atoms with van der Waals surface area (Å²) in [5.74, 6) is 0.711. The van der Waals surface area contributed by atoms with Gasteiger partial charge in [-0.25, -0.2) is 0 Å². The molecule has 1 heteroatoms. The Kier molecular flexibility index (Phi) is 10.0. The van der Waals surface area contributed by atoms with Crippen LogP contribution in [-0.4, -0.2) is 13.2 Å². The van der Waals surface area contributed by atoms with E-state index in [1.165, 1.54) is 38.5 Å². The highest BCUT2D eigenvalue weighted by Gasteiger charge is 2.00. The Hall–Kier alpha value is -0.0400. The molecule has 13 heavy (non-hydrogen) atoms. The summed E-state index contributed by atoms with van der Waals surface area (Å²) in [5, 5.41) is 0. The van der Waals surface area contributed by atoms with Crippen molar-refractivity contribution >= 4 is 0 Å². The van der Waals surface area contributed by atoms with Gasteiger partial charge in [0.05, 0.1) is 0 Å². The molecule has 0 rings (SSSR count). The maximum atomic E-state index is 5.26.